The molecule has 2 aromatic carbocycles. The van der Waals surface area contributed by atoms with Crippen molar-refractivity contribution < 1.29 is 19.8 Å². The number of nitrogens with one attached hydrogen (secondary N) is 1. The summed E-state index contributed by atoms with van der Waals surface area (Å²) in [6.45, 7) is 0.0851. The van der Waals surface area contributed by atoms with Gasteiger partial charge in [0, 0.05) is 23.8 Å². The minimum atomic E-state index is -2.02. The van der Waals surface area contributed by atoms with Crippen molar-refractivity contribution in [3.63, 3.8) is 0 Å². The van der Waals surface area contributed by atoms with Crippen molar-refractivity contribution in [2.24, 2.45) is 0 Å². The smallest absolute Gasteiger partial charge is 0.263 e. The van der Waals surface area contributed by atoms with Gasteiger partial charge in [-0.3, -0.25) is 14.5 Å². The Hall–Kier alpha value is -3.22. The lowest BCUT2D eigenvalue weighted by atomic mass is 10.1. The van der Waals surface area contributed by atoms with E-state index in [4.69, 9.17) is 16.9 Å². The van der Waals surface area contributed by atoms with Crippen molar-refractivity contribution in [3.05, 3.63) is 70.9 Å². The van der Waals surface area contributed by atoms with Gasteiger partial charge in [-0.2, -0.15) is 16.6 Å². The van der Waals surface area contributed by atoms with Gasteiger partial charge >= 0.3 is 0 Å². The molecule has 32 heavy (non-hydrogen) atoms. The van der Waals surface area contributed by atoms with E-state index in [1.807, 2.05) is 35.0 Å². The Bertz CT molecular complexity index is 1100. The summed E-state index contributed by atoms with van der Waals surface area (Å²) in [6.07, 6.45) is -3.99. The third kappa shape index (κ3) is 5.33. The molecule has 1 heterocycles. The molecule has 0 aliphatic rings. The van der Waals surface area contributed by atoms with Gasteiger partial charge in [-0.15, -0.1) is 11.6 Å². The highest BCUT2D eigenvalue weighted by Crippen LogP contribution is 2.30. The molecule has 0 fully saturated rings. The maximum absolute atomic E-state index is 13.2. The molecular formula is C23H20ClN3O4S. The molecular weight excluding hydrogens is 450 g/mol. The maximum Gasteiger partial charge on any atom is 0.263 e. The summed E-state index contributed by atoms with van der Waals surface area (Å²) in [5, 5.41) is 36.0. The number of thiophene rings is 1. The number of anilines is 2. The number of carbonyl (C=O) groups is 2. The molecule has 0 spiro atoms. The van der Waals surface area contributed by atoms with Crippen molar-refractivity contribution in [2.75, 3.05) is 17.3 Å². The highest BCUT2D eigenvalue weighted by molar-refractivity contribution is 7.08. The molecule has 7 nitrogen and oxygen atoms in total. The average molecular weight is 470 g/mol. The number of aliphatic hydroxyl groups excluding tert-OH is 2. The Morgan fingerprint density at radius 1 is 1.00 bits per heavy atom. The van der Waals surface area contributed by atoms with E-state index in [1.165, 1.54) is 17.0 Å². The fourth-order valence-corrected chi connectivity index (χ4v) is 3.77. The largest absolute Gasteiger partial charge is 0.380 e. The Kier molecular flexibility index (Phi) is 7.98. The first-order chi connectivity index (χ1) is 15.5. The van der Waals surface area contributed by atoms with Gasteiger partial charge in [-0.25, -0.2) is 0 Å². The van der Waals surface area contributed by atoms with Gasteiger partial charge in [-0.1, -0.05) is 12.1 Å². The van der Waals surface area contributed by atoms with Crippen LogP contribution in [-0.2, 0) is 9.59 Å². The number of carbonyl (C=O) groups excluding carboxylic acids is 2. The number of halogens is 1. The van der Waals surface area contributed by atoms with Crippen LogP contribution in [-0.4, -0.2) is 46.7 Å². The van der Waals surface area contributed by atoms with Gasteiger partial charge in [0.1, 0.15) is 0 Å². The van der Waals surface area contributed by atoms with Crippen molar-refractivity contribution >= 4 is 46.1 Å². The number of hydrogen-bond acceptors (Lipinski definition) is 6. The van der Waals surface area contributed by atoms with Gasteiger partial charge < -0.3 is 15.5 Å². The molecule has 3 aromatic rings. The summed E-state index contributed by atoms with van der Waals surface area (Å²) < 4.78 is 0. The van der Waals surface area contributed by atoms with Crippen LogP contribution < -0.4 is 10.2 Å². The van der Waals surface area contributed by atoms with Gasteiger partial charge in [0.15, 0.2) is 12.2 Å². The van der Waals surface area contributed by atoms with E-state index in [9.17, 15) is 19.8 Å². The monoisotopic (exact) mass is 469 g/mol. The second-order valence-corrected chi connectivity index (χ2v) is 7.92. The zero-order valence-electron chi connectivity index (χ0n) is 16.8. The van der Waals surface area contributed by atoms with Gasteiger partial charge in [0.05, 0.1) is 11.6 Å². The van der Waals surface area contributed by atoms with E-state index < -0.39 is 24.0 Å². The molecule has 2 atom stereocenters. The average Bonchev–Trinajstić information content (AvgIpc) is 3.37. The number of alkyl halides is 1. The van der Waals surface area contributed by atoms with Gasteiger partial charge in [0.2, 0.25) is 0 Å². The van der Waals surface area contributed by atoms with E-state index in [1.54, 1.807) is 35.6 Å². The highest BCUT2D eigenvalue weighted by Gasteiger charge is 2.34. The SMILES string of the molecule is N#Cc1ccc(N(C(=O)[C@H](O)[C@@H](O)C(=O)NCCCl)c2ccc(-c3ccsc3)cc2)cc1. The number of benzene rings is 2. The van der Waals surface area contributed by atoms with E-state index >= 15 is 0 Å². The number of hydrogen-bond donors (Lipinski definition) is 3. The first-order valence-corrected chi connectivity index (χ1v) is 11.1. The second kappa shape index (κ2) is 10.9. The molecule has 0 saturated carbocycles. The van der Waals surface area contributed by atoms with Crippen LogP contribution in [0.1, 0.15) is 5.56 Å². The Balaban J connectivity index is 1.94. The third-order valence-corrected chi connectivity index (χ3v) is 5.54. The summed E-state index contributed by atoms with van der Waals surface area (Å²) in [7, 11) is 0. The number of rotatable bonds is 8. The minimum absolute atomic E-state index is 0.0851. The Labute approximate surface area is 194 Å². The van der Waals surface area contributed by atoms with Crippen molar-refractivity contribution in [1.82, 2.24) is 5.32 Å². The zero-order valence-corrected chi connectivity index (χ0v) is 18.4. The molecule has 0 saturated heterocycles. The molecule has 0 unspecified atom stereocenters. The van der Waals surface area contributed by atoms with E-state index in [0.717, 1.165) is 11.1 Å². The van der Waals surface area contributed by atoms with E-state index in [0.29, 0.717) is 16.9 Å². The molecule has 9 heteroatoms. The van der Waals surface area contributed by atoms with E-state index in [2.05, 4.69) is 5.32 Å². The predicted molar refractivity (Wildman–Crippen MR) is 124 cm³/mol. The summed E-state index contributed by atoms with van der Waals surface area (Å²) in [6, 6.07) is 17.2. The lowest BCUT2D eigenvalue weighted by Crippen LogP contribution is -2.50. The zero-order chi connectivity index (χ0) is 23.1. The number of amides is 2. The van der Waals surface area contributed by atoms with Crippen LogP contribution in [0.25, 0.3) is 11.1 Å². The molecule has 2 amide bonds. The summed E-state index contributed by atoms with van der Waals surface area (Å²) >= 11 is 7.09. The second-order valence-electron chi connectivity index (χ2n) is 6.76. The Morgan fingerprint density at radius 3 is 2.16 bits per heavy atom. The molecule has 164 valence electrons. The quantitative estimate of drug-likeness (QED) is 0.439. The number of nitriles is 1. The molecule has 3 rings (SSSR count). The van der Waals surface area contributed by atoms with Gasteiger partial charge in [0.25, 0.3) is 11.8 Å². The fraction of sp³-hybridized carbons (Fsp3) is 0.174. The molecule has 0 aliphatic carbocycles. The third-order valence-electron chi connectivity index (χ3n) is 4.67. The minimum Gasteiger partial charge on any atom is -0.380 e. The summed E-state index contributed by atoms with van der Waals surface area (Å²) in [5.74, 6) is -1.68. The van der Waals surface area contributed by atoms with Crippen LogP contribution in [0.4, 0.5) is 11.4 Å². The lowest BCUT2D eigenvalue weighted by molar-refractivity contribution is -0.144. The normalized spacial score (nSPS) is 12.4. The first-order valence-electron chi connectivity index (χ1n) is 9.63. The lowest BCUT2D eigenvalue weighted by Gasteiger charge is -2.27. The van der Waals surface area contributed by atoms with Crippen LogP contribution >= 0.6 is 22.9 Å². The molecule has 0 bridgehead atoms. The molecule has 0 radical (unpaired) electrons. The first kappa shape index (κ1) is 23.4. The van der Waals surface area contributed by atoms with Crippen LogP contribution in [0, 0.1) is 11.3 Å². The highest BCUT2D eigenvalue weighted by atomic mass is 35.5. The van der Waals surface area contributed by atoms with E-state index in [-0.39, 0.29) is 12.4 Å². The van der Waals surface area contributed by atoms with Crippen LogP contribution in [0.5, 0.6) is 0 Å². The molecule has 1 aromatic heterocycles. The number of aliphatic hydroxyl groups is 2. The van der Waals surface area contributed by atoms with Gasteiger partial charge in [-0.05, 0) is 64.4 Å². The maximum atomic E-state index is 13.2. The van der Waals surface area contributed by atoms with Crippen molar-refractivity contribution in [3.8, 4) is 17.2 Å². The van der Waals surface area contributed by atoms with Crippen LogP contribution in [0.15, 0.2) is 65.4 Å². The number of nitrogens with zero attached hydrogens (tertiary/aromatic N) is 2. The summed E-state index contributed by atoms with van der Waals surface area (Å²) in [4.78, 5) is 26.4. The topological polar surface area (TPSA) is 114 Å². The van der Waals surface area contributed by atoms with Crippen molar-refractivity contribution in [1.29, 1.82) is 5.26 Å². The molecule has 3 N–H and O–H groups in total. The van der Waals surface area contributed by atoms with Crippen LogP contribution in [0.3, 0.4) is 0 Å². The fourth-order valence-electron chi connectivity index (χ4n) is 3.01. The van der Waals surface area contributed by atoms with Crippen LogP contribution in [0.2, 0.25) is 0 Å². The molecule has 0 aliphatic heterocycles. The predicted octanol–water partition coefficient (Wildman–Crippen LogP) is 3.03. The van der Waals surface area contributed by atoms with Crippen molar-refractivity contribution in [2.45, 2.75) is 12.2 Å². The standard InChI is InChI=1S/C23H20ClN3O4S/c24-10-11-26-22(30)20(28)21(29)23(31)27(18-5-1-15(13-25)2-6-18)19-7-3-16(4-8-19)17-9-12-32-14-17/h1-9,12,14,20-21,28-29H,10-11H2,(H,26,30)/t20-,21-/m1/s1. The Morgan fingerprint density at radius 2 is 1.62 bits per heavy atom. The summed E-state index contributed by atoms with van der Waals surface area (Å²) in [5.41, 5.74) is 3.17.